The molecule has 0 spiro atoms. The molecule has 138 valence electrons. The summed E-state index contributed by atoms with van der Waals surface area (Å²) in [6, 6.07) is 0. The van der Waals surface area contributed by atoms with Crippen molar-refractivity contribution in [1.82, 2.24) is 0 Å². The predicted molar refractivity (Wildman–Crippen MR) is 89.2 cm³/mol. The number of hydrogen-bond acceptors (Lipinski definition) is 8. The Bertz CT molecular complexity index is 468. The summed E-state index contributed by atoms with van der Waals surface area (Å²) in [6.45, 7) is 7.34. The molecule has 1 heterocycles. The van der Waals surface area contributed by atoms with E-state index in [1.54, 1.807) is 6.92 Å². The second-order valence-corrected chi connectivity index (χ2v) is 8.99. The molecule has 0 aliphatic carbocycles. The van der Waals surface area contributed by atoms with E-state index < -0.39 is 56.3 Å². The summed E-state index contributed by atoms with van der Waals surface area (Å²) in [4.78, 5) is 33.9. The van der Waals surface area contributed by atoms with Gasteiger partial charge in [0.25, 0.3) is 0 Å². The molecular formula is C14H24O8P2. The first-order valence-electron chi connectivity index (χ1n) is 7.40. The van der Waals surface area contributed by atoms with E-state index in [-0.39, 0.29) is 6.61 Å². The third-order valence-corrected chi connectivity index (χ3v) is 4.21. The molecule has 0 aromatic carbocycles. The summed E-state index contributed by atoms with van der Waals surface area (Å²) in [5.74, 6) is -1.88. The second-order valence-electron chi connectivity index (χ2n) is 5.50. The molecule has 8 nitrogen and oxygen atoms in total. The fourth-order valence-corrected chi connectivity index (χ4v) is 3.27. The third-order valence-electron chi connectivity index (χ3n) is 3.31. The van der Waals surface area contributed by atoms with Gasteiger partial charge in [-0.1, -0.05) is 15.9 Å². The predicted octanol–water partition coefficient (Wildman–Crippen LogP) is 1.61. The van der Waals surface area contributed by atoms with Gasteiger partial charge in [0.05, 0.1) is 0 Å². The van der Waals surface area contributed by atoms with Crippen molar-refractivity contribution in [3.8, 4) is 0 Å². The fraction of sp³-hybridized carbons (Fsp3) is 0.786. The van der Waals surface area contributed by atoms with Gasteiger partial charge in [0.2, 0.25) is 0 Å². The van der Waals surface area contributed by atoms with Gasteiger partial charge in [-0.05, 0) is 6.66 Å². The molecule has 4 unspecified atom stereocenters. The van der Waals surface area contributed by atoms with Crippen LogP contribution in [0.2, 0.25) is 0 Å². The minimum atomic E-state index is -0.881. The highest BCUT2D eigenvalue weighted by atomic mass is 32.0. The van der Waals surface area contributed by atoms with Gasteiger partial charge in [0.15, 0.2) is 12.4 Å². The van der Waals surface area contributed by atoms with Crippen LogP contribution in [0.5, 0.6) is 0 Å². The zero-order valence-corrected chi connectivity index (χ0v) is 16.4. The quantitative estimate of drug-likeness (QED) is 0.388. The first-order chi connectivity index (χ1) is 11.1. The Morgan fingerprint density at radius 2 is 1.58 bits per heavy atom. The van der Waals surface area contributed by atoms with Gasteiger partial charge in [-0.15, -0.1) is 0 Å². The van der Waals surface area contributed by atoms with Crippen LogP contribution in [0.15, 0.2) is 0 Å². The zero-order valence-electron chi connectivity index (χ0n) is 14.4. The van der Waals surface area contributed by atoms with Crippen LogP contribution in [0.4, 0.5) is 0 Å². The summed E-state index contributed by atoms with van der Waals surface area (Å²) in [5.41, 5.74) is 0. The summed E-state index contributed by atoms with van der Waals surface area (Å²) < 4.78 is 27.1. The van der Waals surface area contributed by atoms with Gasteiger partial charge in [0, 0.05) is 34.5 Å². The Morgan fingerprint density at radius 3 is 2.04 bits per heavy atom. The summed E-state index contributed by atoms with van der Waals surface area (Å²) in [5, 5.41) is 0. The van der Waals surface area contributed by atoms with Crippen LogP contribution in [0.1, 0.15) is 27.7 Å². The second kappa shape index (κ2) is 9.62. The maximum Gasteiger partial charge on any atom is 0.303 e. The molecule has 1 aliphatic rings. The van der Waals surface area contributed by atoms with Gasteiger partial charge >= 0.3 is 17.9 Å². The van der Waals surface area contributed by atoms with E-state index in [0.717, 1.165) is 0 Å². The van der Waals surface area contributed by atoms with Crippen LogP contribution in [0.25, 0.3) is 0 Å². The molecule has 0 aromatic heterocycles. The van der Waals surface area contributed by atoms with Gasteiger partial charge < -0.3 is 23.5 Å². The van der Waals surface area contributed by atoms with Crippen molar-refractivity contribution >= 4 is 34.7 Å². The van der Waals surface area contributed by atoms with Crippen molar-refractivity contribution in [2.45, 2.75) is 52.3 Å². The maximum absolute atomic E-state index is 11.4. The lowest BCUT2D eigenvalue weighted by molar-refractivity contribution is -0.269. The minimum Gasteiger partial charge on any atom is -0.463 e. The van der Waals surface area contributed by atoms with E-state index in [1.165, 1.54) is 20.8 Å². The highest BCUT2D eigenvalue weighted by Gasteiger charge is 2.48. The minimum absolute atomic E-state index is 0.0945. The lowest BCUT2D eigenvalue weighted by Crippen LogP contribution is -2.57. The number of hydrogen-bond donors (Lipinski definition) is 0. The van der Waals surface area contributed by atoms with Crippen LogP contribution >= 0.6 is 16.8 Å². The molecule has 0 amide bonds. The van der Waals surface area contributed by atoms with E-state index in [0.29, 0.717) is 0 Å². The topological polar surface area (TPSA) is 97.4 Å². The molecule has 0 N–H and O–H groups in total. The lowest BCUT2D eigenvalue weighted by Gasteiger charge is -2.44. The van der Waals surface area contributed by atoms with Crippen LogP contribution in [0.3, 0.4) is 0 Å². The standard InChI is InChI=1S/C14H24O8P2/c1-7-12(19-9(3)16)11(6-18-8(2)15)21-14(22-24(5)23)13(7)20-10(4)17/h7,11-14H,6,23H2,1-5H3/t7-,11?,12+,13?,14-,24?/m0/s1. The lowest BCUT2D eigenvalue weighted by atomic mass is 9.90. The SMILES string of the molecule is CC(=O)OCC1O[C@@H](OP(C)P)C(OC(C)=O)[C@@H](C)[C@H]1OC(C)=O. The molecule has 0 saturated carbocycles. The van der Waals surface area contributed by atoms with Gasteiger partial charge in [-0.2, -0.15) is 0 Å². The van der Waals surface area contributed by atoms with E-state index in [2.05, 4.69) is 8.93 Å². The van der Waals surface area contributed by atoms with Crippen molar-refractivity contribution in [3.63, 3.8) is 0 Å². The van der Waals surface area contributed by atoms with Crippen molar-refractivity contribution in [2.75, 3.05) is 13.3 Å². The number of esters is 3. The van der Waals surface area contributed by atoms with Crippen molar-refractivity contribution in [2.24, 2.45) is 5.92 Å². The molecule has 7 atom stereocenters. The number of rotatable bonds is 6. The van der Waals surface area contributed by atoms with Gasteiger partial charge in [-0.3, -0.25) is 14.4 Å². The molecule has 1 saturated heterocycles. The van der Waals surface area contributed by atoms with Crippen molar-refractivity contribution < 1.29 is 37.9 Å². The summed E-state index contributed by atoms with van der Waals surface area (Å²) >= 11 is 0. The van der Waals surface area contributed by atoms with E-state index in [9.17, 15) is 14.4 Å². The van der Waals surface area contributed by atoms with E-state index >= 15 is 0 Å². The fourth-order valence-electron chi connectivity index (χ4n) is 2.41. The zero-order chi connectivity index (χ0) is 18.4. The van der Waals surface area contributed by atoms with Crippen LogP contribution in [-0.2, 0) is 37.9 Å². The molecule has 1 fully saturated rings. The van der Waals surface area contributed by atoms with Gasteiger partial charge in [-0.25, -0.2) is 0 Å². The van der Waals surface area contributed by atoms with Gasteiger partial charge in [0.1, 0.15) is 18.8 Å². The van der Waals surface area contributed by atoms with Crippen molar-refractivity contribution in [1.29, 1.82) is 0 Å². The Kier molecular flexibility index (Phi) is 8.51. The van der Waals surface area contributed by atoms with Crippen LogP contribution in [-0.4, -0.2) is 55.8 Å². The Morgan fingerprint density at radius 1 is 1.04 bits per heavy atom. The van der Waals surface area contributed by atoms with Crippen LogP contribution < -0.4 is 0 Å². The number of carbonyl (C=O) groups is 3. The Balaban J connectivity index is 3.02. The average molecular weight is 382 g/mol. The monoisotopic (exact) mass is 382 g/mol. The number of carbonyl (C=O) groups excluding carboxylic acids is 3. The average Bonchev–Trinajstić information content (AvgIpc) is 2.42. The Labute approximate surface area is 144 Å². The highest BCUT2D eigenvalue weighted by Crippen LogP contribution is 2.45. The maximum atomic E-state index is 11.4. The summed E-state index contributed by atoms with van der Waals surface area (Å²) in [7, 11) is 1.64. The number of ether oxygens (including phenoxy) is 4. The molecule has 10 heteroatoms. The molecule has 0 radical (unpaired) electrons. The smallest absolute Gasteiger partial charge is 0.303 e. The molecule has 0 bridgehead atoms. The molecule has 0 aromatic rings. The molecule has 24 heavy (non-hydrogen) atoms. The van der Waals surface area contributed by atoms with E-state index in [1.807, 2.05) is 6.66 Å². The largest absolute Gasteiger partial charge is 0.463 e. The molecule has 1 aliphatic heterocycles. The summed E-state index contributed by atoms with van der Waals surface area (Å²) in [6.07, 6.45) is -3.04. The third kappa shape index (κ3) is 6.60. The first-order valence-corrected chi connectivity index (χ1v) is 10.7. The highest BCUT2D eigenvalue weighted by molar-refractivity contribution is 8.10. The molecule has 1 rings (SSSR count). The molecular weight excluding hydrogens is 358 g/mol. The van der Waals surface area contributed by atoms with Crippen LogP contribution in [0, 0.1) is 5.92 Å². The van der Waals surface area contributed by atoms with E-state index in [4.69, 9.17) is 23.5 Å². The normalized spacial score (nSPS) is 31.0. The Hall–Kier alpha value is -0.810. The van der Waals surface area contributed by atoms with Crippen molar-refractivity contribution in [3.05, 3.63) is 0 Å². The first kappa shape index (κ1) is 21.2.